The van der Waals surface area contributed by atoms with E-state index >= 15 is 0 Å². The molecule has 0 aromatic rings. The first kappa shape index (κ1) is 16.4. The quantitative estimate of drug-likeness (QED) is 0.608. The highest BCUT2D eigenvalue weighted by molar-refractivity contribution is 5.27. The Morgan fingerprint density at radius 3 is 2.62 bits per heavy atom. The van der Waals surface area contributed by atoms with E-state index in [1.165, 1.54) is 5.57 Å². The molecule has 0 bridgehead atoms. The van der Waals surface area contributed by atoms with Crippen molar-refractivity contribution in [2.24, 2.45) is 38.9 Å². The van der Waals surface area contributed by atoms with Crippen LogP contribution in [0.3, 0.4) is 0 Å². The molecule has 4 rings (SSSR count). The van der Waals surface area contributed by atoms with Gasteiger partial charge in [0.15, 0.2) is 0 Å². The summed E-state index contributed by atoms with van der Waals surface area (Å²) < 4.78 is 0. The Hall–Kier alpha value is -1.10. The highest BCUT2D eigenvalue weighted by Gasteiger charge is 2.62. The van der Waals surface area contributed by atoms with Crippen LogP contribution < -0.4 is 0 Å². The smallest absolute Gasteiger partial charge is 0.110 e. The molecular formula is C19H28N2O3. The number of fused-ring (bicyclic) bond motifs is 5. The molecule has 5 nitrogen and oxygen atoms in total. The second kappa shape index (κ2) is 5.45. The number of nitroso groups, excluding NO2 is 2. The van der Waals surface area contributed by atoms with Crippen LogP contribution in [0.4, 0.5) is 0 Å². The molecule has 8 atom stereocenters. The first-order chi connectivity index (χ1) is 11.4. The van der Waals surface area contributed by atoms with Gasteiger partial charge in [-0.3, -0.25) is 0 Å². The van der Waals surface area contributed by atoms with E-state index in [0.29, 0.717) is 18.3 Å². The van der Waals surface area contributed by atoms with Gasteiger partial charge in [-0.15, -0.1) is 0 Å². The van der Waals surface area contributed by atoms with E-state index in [1.807, 2.05) is 0 Å². The predicted octanol–water partition coefficient (Wildman–Crippen LogP) is 4.19. The molecule has 0 heterocycles. The lowest BCUT2D eigenvalue weighted by Gasteiger charge is -2.59. The molecule has 3 fully saturated rings. The molecule has 0 aromatic heterocycles. The SMILES string of the molecule is CC12CCC(N=O)C=C1CCC1C2C(O)CC2(C)C(N=O)CCC12. The summed E-state index contributed by atoms with van der Waals surface area (Å²) in [6.07, 6.45) is 8.11. The first-order valence-electron chi connectivity index (χ1n) is 9.48. The Balaban J connectivity index is 1.71. The van der Waals surface area contributed by atoms with E-state index in [2.05, 4.69) is 30.3 Å². The average molecular weight is 332 g/mol. The van der Waals surface area contributed by atoms with E-state index in [4.69, 9.17) is 0 Å². The normalized spacial score (nSPS) is 53.4. The Morgan fingerprint density at radius 1 is 1.12 bits per heavy atom. The van der Waals surface area contributed by atoms with Crippen LogP contribution in [0, 0.1) is 38.4 Å². The van der Waals surface area contributed by atoms with Crippen molar-refractivity contribution in [1.29, 1.82) is 0 Å². The lowest BCUT2D eigenvalue weighted by atomic mass is 9.46. The van der Waals surface area contributed by atoms with Gasteiger partial charge in [0.2, 0.25) is 0 Å². The molecule has 4 aliphatic rings. The van der Waals surface area contributed by atoms with Crippen molar-refractivity contribution in [3.05, 3.63) is 21.5 Å². The summed E-state index contributed by atoms with van der Waals surface area (Å²) in [5, 5.41) is 17.8. The lowest BCUT2D eigenvalue weighted by molar-refractivity contribution is -0.121. The molecule has 132 valence electrons. The molecule has 0 spiro atoms. The zero-order valence-electron chi connectivity index (χ0n) is 14.6. The molecule has 0 saturated heterocycles. The number of rotatable bonds is 2. The summed E-state index contributed by atoms with van der Waals surface area (Å²) in [5.74, 6) is 1.20. The third-order valence-electron chi connectivity index (χ3n) is 8.23. The minimum absolute atomic E-state index is 0.0163. The first-order valence-corrected chi connectivity index (χ1v) is 9.48. The average Bonchev–Trinajstić information content (AvgIpc) is 2.89. The Labute approximate surface area is 143 Å². The fourth-order valence-electron chi connectivity index (χ4n) is 7.07. The van der Waals surface area contributed by atoms with Crippen LogP contribution >= 0.6 is 0 Å². The maximum absolute atomic E-state index is 11.3. The van der Waals surface area contributed by atoms with Gasteiger partial charge < -0.3 is 5.11 Å². The predicted molar refractivity (Wildman–Crippen MR) is 92.3 cm³/mol. The van der Waals surface area contributed by atoms with Crippen molar-refractivity contribution in [3.63, 3.8) is 0 Å². The highest BCUT2D eigenvalue weighted by atomic mass is 16.3. The fourth-order valence-corrected chi connectivity index (χ4v) is 7.07. The number of hydrogen-bond donors (Lipinski definition) is 1. The van der Waals surface area contributed by atoms with Gasteiger partial charge >= 0.3 is 0 Å². The van der Waals surface area contributed by atoms with Crippen molar-refractivity contribution >= 4 is 0 Å². The lowest BCUT2D eigenvalue weighted by Crippen LogP contribution is -2.57. The fraction of sp³-hybridized carbons (Fsp3) is 0.895. The molecule has 3 saturated carbocycles. The molecule has 1 N–H and O–H groups in total. The topological polar surface area (TPSA) is 79.1 Å². The monoisotopic (exact) mass is 332 g/mol. The van der Waals surface area contributed by atoms with Gasteiger partial charge in [0.25, 0.3) is 0 Å². The molecule has 0 aliphatic heterocycles. The summed E-state index contributed by atoms with van der Waals surface area (Å²) in [6, 6.07) is -0.330. The van der Waals surface area contributed by atoms with Gasteiger partial charge in [0.1, 0.15) is 6.04 Å². The van der Waals surface area contributed by atoms with Crippen molar-refractivity contribution in [2.75, 3.05) is 0 Å². The van der Waals surface area contributed by atoms with Gasteiger partial charge in [-0.1, -0.05) is 35.9 Å². The number of aliphatic hydroxyl groups excluding tert-OH is 1. The number of nitrogens with zero attached hydrogens (tertiary/aromatic N) is 2. The van der Waals surface area contributed by atoms with Crippen LogP contribution in [-0.2, 0) is 0 Å². The van der Waals surface area contributed by atoms with E-state index in [1.54, 1.807) is 0 Å². The standard InChI is InChI=1S/C19H28N2O3/c1-18-8-7-12(20-23)9-11(18)3-4-13-14-5-6-16(21-24)19(14,2)10-15(22)17(13)18/h9,12-17,22H,3-8,10H2,1-2H3. The molecule has 5 heteroatoms. The van der Waals surface area contributed by atoms with Gasteiger partial charge in [0.05, 0.1) is 12.1 Å². The van der Waals surface area contributed by atoms with E-state index in [0.717, 1.165) is 38.5 Å². The summed E-state index contributed by atoms with van der Waals surface area (Å²) in [7, 11) is 0. The van der Waals surface area contributed by atoms with Gasteiger partial charge in [-0.2, -0.15) is 9.81 Å². The molecule has 0 amide bonds. The molecule has 4 aliphatic carbocycles. The number of hydrogen-bond acceptors (Lipinski definition) is 5. The van der Waals surface area contributed by atoms with Gasteiger partial charge in [0, 0.05) is 0 Å². The van der Waals surface area contributed by atoms with E-state index in [-0.39, 0.29) is 34.9 Å². The summed E-state index contributed by atoms with van der Waals surface area (Å²) in [5.41, 5.74) is 1.18. The Kier molecular flexibility index (Phi) is 3.72. The van der Waals surface area contributed by atoms with Gasteiger partial charge in [-0.25, -0.2) is 0 Å². The van der Waals surface area contributed by atoms with Crippen LogP contribution in [-0.4, -0.2) is 23.3 Å². The third-order valence-corrected chi connectivity index (χ3v) is 8.23. The zero-order chi connectivity index (χ0) is 17.1. The summed E-state index contributed by atoms with van der Waals surface area (Å²) in [4.78, 5) is 22.3. The zero-order valence-corrected chi connectivity index (χ0v) is 14.6. The molecule has 24 heavy (non-hydrogen) atoms. The Bertz CT molecular complexity index is 591. The second-order valence-electron chi connectivity index (χ2n) is 9.13. The maximum atomic E-state index is 11.3. The number of allylic oxidation sites excluding steroid dienone is 1. The van der Waals surface area contributed by atoms with Crippen LogP contribution in [0.15, 0.2) is 22.0 Å². The van der Waals surface area contributed by atoms with Crippen LogP contribution in [0.1, 0.15) is 58.8 Å². The van der Waals surface area contributed by atoms with Crippen molar-refractivity contribution in [3.8, 4) is 0 Å². The molecular weight excluding hydrogens is 304 g/mol. The second-order valence-corrected chi connectivity index (χ2v) is 9.13. The van der Waals surface area contributed by atoms with E-state index < -0.39 is 0 Å². The van der Waals surface area contributed by atoms with Crippen LogP contribution in [0.2, 0.25) is 0 Å². The highest BCUT2D eigenvalue weighted by Crippen LogP contribution is 2.65. The van der Waals surface area contributed by atoms with Crippen LogP contribution in [0.25, 0.3) is 0 Å². The minimum Gasteiger partial charge on any atom is -0.393 e. The molecule has 0 radical (unpaired) electrons. The number of aliphatic hydroxyl groups is 1. The summed E-state index contributed by atoms with van der Waals surface area (Å²) in [6.45, 7) is 4.46. The Morgan fingerprint density at radius 2 is 1.92 bits per heavy atom. The molecule has 0 aromatic carbocycles. The maximum Gasteiger partial charge on any atom is 0.110 e. The van der Waals surface area contributed by atoms with Gasteiger partial charge in [-0.05, 0) is 73.5 Å². The van der Waals surface area contributed by atoms with Crippen LogP contribution in [0.5, 0.6) is 0 Å². The largest absolute Gasteiger partial charge is 0.393 e. The van der Waals surface area contributed by atoms with Crippen molar-refractivity contribution in [2.45, 2.75) is 77.0 Å². The summed E-state index contributed by atoms with van der Waals surface area (Å²) >= 11 is 0. The van der Waals surface area contributed by atoms with Crippen molar-refractivity contribution < 1.29 is 5.11 Å². The molecule has 8 unspecified atom stereocenters. The van der Waals surface area contributed by atoms with E-state index in [9.17, 15) is 14.9 Å². The van der Waals surface area contributed by atoms with Crippen molar-refractivity contribution in [1.82, 2.24) is 0 Å². The third kappa shape index (κ3) is 2.03. The minimum atomic E-state index is -0.381.